The Kier molecular flexibility index (Phi) is 5.18. The lowest BCUT2D eigenvalue weighted by atomic mass is 10.2. The molecule has 0 saturated carbocycles. The number of para-hydroxylation sites is 2. The zero-order valence-corrected chi connectivity index (χ0v) is 14.7. The molecule has 5 heteroatoms. The first-order valence-corrected chi connectivity index (χ1v) is 8.88. The van der Waals surface area contributed by atoms with Crippen LogP contribution in [0.5, 0.6) is 0 Å². The fourth-order valence-electron chi connectivity index (χ4n) is 2.32. The third-order valence-corrected chi connectivity index (χ3v) is 5.25. The Morgan fingerprint density at radius 1 is 1.14 bits per heavy atom. The van der Waals surface area contributed by atoms with Crippen LogP contribution >= 0.6 is 27.7 Å². The van der Waals surface area contributed by atoms with Gasteiger partial charge < -0.3 is 9.30 Å². The SMILES string of the molecule is COCCn1c(SCc2ccccc2Br)nc2ccccc21. The molecule has 0 N–H and O–H groups in total. The van der Waals surface area contributed by atoms with Gasteiger partial charge in [-0.05, 0) is 23.8 Å². The topological polar surface area (TPSA) is 27.1 Å². The molecule has 0 bridgehead atoms. The van der Waals surface area contributed by atoms with Crippen LogP contribution in [-0.2, 0) is 17.0 Å². The highest BCUT2D eigenvalue weighted by Crippen LogP contribution is 2.29. The highest BCUT2D eigenvalue weighted by atomic mass is 79.9. The number of methoxy groups -OCH3 is 1. The molecule has 1 heterocycles. The van der Waals surface area contributed by atoms with Crippen LogP contribution in [0.25, 0.3) is 11.0 Å². The lowest BCUT2D eigenvalue weighted by Crippen LogP contribution is -2.05. The number of hydrogen-bond donors (Lipinski definition) is 0. The van der Waals surface area contributed by atoms with Crippen molar-refractivity contribution in [1.82, 2.24) is 9.55 Å². The van der Waals surface area contributed by atoms with Crippen LogP contribution in [0.1, 0.15) is 5.56 Å². The Morgan fingerprint density at radius 2 is 1.91 bits per heavy atom. The molecule has 0 unspecified atom stereocenters. The smallest absolute Gasteiger partial charge is 0.169 e. The number of halogens is 1. The molecule has 0 aliphatic heterocycles. The molecule has 0 radical (unpaired) electrons. The van der Waals surface area contributed by atoms with Crippen molar-refractivity contribution in [2.24, 2.45) is 0 Å². The summed E-state index contributed by atoms with van der Waals surface area (Å²) >= 11 is 5.36. The van der Waals surface area contributed by atoms with Gasteiger partial charge in [0.2, 0.25) is 0 Å². The predicted molar refractivity (Wildman–Crippen MR) is 95.3 cm³/mol. The van der Waals surface area contributed by atoms with Gasteiger partial charge in [0.15, 0.2) is 5.16 Å². The lowest BCUT2D eigenvalue weighted by Gasteiger charge is -2.09. The largest absolute Gasteiger partial charge is 0.383 e. The Hall–Kier alpha value is -1.30. The maximum absolute atomic E-state index is 5.24. The first kappa shape index (κ1) is 15.6. The van der Waals surface area contributed by atoms with Crippen LogP contribution in [0.15, 0.2) is 58.2 Å². The van der Waals surface area contributed by atoms with Gasteiger partial charge in [-0.25, -0.2) is 4.98 Å². The van der Waals surface area contributed by atoms with Crippen LogP contribution in [0.3, 0.4) is 0 Å². The van der Waals surface area contributed by atoms with Gasteiger partial charge in [-0.1, -0.05) is 58.0 Å². The summed E-state index contributed by atoms with van der Waals surface area (Å²) in [7, 11) is 1.73. The normalized spacial score (nSPS) is 11.2. The number of benzene rings is 2. The van der Waals surface area contributed by atoms with Crippen molar-refractivity contribution in [3.8, 4) is 0 Å². The summed E-state index contributed by atoms with van der Waals surface area (Å²) in [6.45, 7) is 1.50. The van der Waals surface area contributed by atoms with Crippen LogP contribution < -0.4 is 0 Å². The van der Waals surface area contributed by atoms with E-state index in [0.29, 0.717) is 6.61 Å². The molecule has 0 aliphatic rings. The highest BCUT2D eigenvalue weighted by molar-refractivity contribution is 9.10. The van der Waals surface area contributed by atoms with E-state index >= 15 is 0 Å². The van der Waals surface area contributed by atoms with Gasteiger partial charge in [-0.2, -0.15) is 0 Å². The predicted octanol–water partition coefficient (Wildman–Crippen LogP) is 4.74. The minimum absolute atomic E-state index is 0.683. The number of rotatable bonds is 6. The molecule has 0 amide bonds. The molecule has 0 atom stereocenters. The van der Waals surface area contributed by atoms with E-state index in [1.165, 1.54) is 5.56 Å². The van der Waals surface area contributed by atoms with E-state index in [2.05, 4.69) is 56.9 Å². The lowest BCUT2D eigenvalue weighted by molar-refractivity contribution is 0.186. The van der Waals surface area contributed by atoms with Gasteiger partial charge in [0.25, 0.3) is 0 Å². The van der Waals surface area contributed by atoms with Crippen molar-refractivity contribution >= 4 is 38.7 Å². The summed E-state index contributed by atoms with van der Waals surface area (Å²) in [5, 5.41) is 1.04. The summed E-state index contributed by atoms with van der Waals surface area (Å²) in [6, 6.07) is 16.6. The van der Waals surface area contributed by atoms with Crippen LogP contribution in [-0.4, -0.2) is 23.3 Å². The summed E-state index contributed by atoms with van der Waals surface area (Å²) in [5.74, 6) is 0.887. The molecule has 2 aromatic carbocycles. The Bertz CT molecular complexity index is 772. The molecule has 0 spiro atoms. The van der Waals surface area contributed by atoms with Crippen LogP contribution in [0, 0.1) is 0 Å². The molecule has 1 aromatic heterocycles. The van der Waals surface area contributed by atoms with Gasteiger partial charge in [-0.15, -0.1) is 0 Å². The van der Waals surface area contributed by atoms with Gasteiger partial charge in [-0.3, -0.25) is 0 Å². The standard InChI is InChI=1S/C17H17BrN2OS/c1-21-11-10-20-16-9-5-4-8-15(16)19-17(20)22-12-13-6-2-3-7-14(13)18/h2-9H,10-12H2,1H3. The van der Waals surface area contributed by atoms with E-state index in [1.54, 1.807) is 18.9 Å². The zero-order valence-electron chi connectivity index (χ0n) is 12.3. The molecule has 3 aromatic rings. The molecule has 3 rings (SSSR count). The minimum Gasteiger partial charge on any atom is -0.383 e. The Balaban J connectivity index is 1.87. The van der Waals surface area contributed by atoms with Crippen molar-refractivity contribution in [2.45, 2.75) is 17.5 Å². The summed E-state index contributed by atoms with van der Waals surface area (Å²) in [4.78, 5) is 4.77. The minimum atomic E-state index is 0.683. The zero-order chi connectivity index (χ0) is 15.4. The molecular weight excluding hydrogens is 360 g/mol. The first-order valence-electron chi connectivity index (χ1n) is 7.10. The van der Waals surface area contributed by atoms with E-state index in [9.17, 15) is 0 Å². The maximum atomic E-state index is 5.24. The fourth-order valence-corrected chi connectivity index (χ4v) is 3.98. The van der Waals surface area contributed by atoms with Crippen LogP contribution in [0.4, 0.5) is 0 Å². The molecule has 0 fully saturated rings. The number of thioether (sulfide) groups is 1. The summed E-state index contributed by atoms with van der Waals surface area (Å²) in [5.41, 5.74) is 3.47. The quantitative estimate of drug-likeness (QED) is 0.581. The number of aromatic nitrogens is 2. The maximum Gasteiger partial charge on any atom is 0.169 e. The second-order valence-corrected chi connectivity index (χ2v) is 6.70. The van der Waals surface area contributed by atoms with E-state index in [-0.39, 0.29) is 0 Å². The summed E-state index contributed by atoms with van der Waals surface area (Å²) in [6.07, 6.45) is 0. The first-order chi connectivity index (χ1) is 10.8. The Morgan fingerprint density at radius 3 is 2.73 bits per heavy atom. The second kappa shape index (κ2) is 7.31. The van der Waals surface area contributed by atoms with Gasteiger partial charge >= 0.3 is 0 Å². The number of fused-ring (bicyclic) bond motifs is 1. The molecule has 22 heavy (non-hydrogen) atoms. The van der Waals surface area contributed by atoms with Crippen molar-refractivity contribution in [3.05, 3.63) is 58.6 Å². The molecular formula is C17H17BrN2OS. The molecule has 114 valence electrons. The van der Waals surface area contributed by atoms with Crippen molar-refractivity contribution in [3.63, 3.8) is 0 Å². The number of hydrogen-bond acceptors (Lipinski definition) is 3. The molecule has 0 aliphatic carbocycles. The number of nitrogens with zero attached hydrogens (tertiary/aromatic N) is 2. The molecule has 3 nitrogen and oxygen atoms in total. The highest BCUT2D eigenvalue weighted by Gasteiger charge is 2.11. The van der Waals surface area contributed by atoms with E-state index < -0.39 is 0 Å². The Labute approximate surface area is 142 Å². The monoisotopic (exact) mass is 376 g/mol. The van der Waals surface area contributed by atoms with Crippen LogP contribution in [0.2, 0.25) is 0 Å². The van der Waals surface area contributed by atoms with E-state index in [1.807, 2.05) is 12.1 Å². The molecule has 0 saturated heterocycles. The van der Waals surface area contributed by atoms with Crippen molar-refractivity contribution < 1.29 is 4.74 Å². The third kappa shape index (κ3) is 3.37. The average molecular weight is 377 g/mol. The fraction of sp³-hybridized carbons (Fsp3) is 0.235. The van der Waals surface area contributed by atoms with Gasteiger partial charge in [0.1, 0.15) is 0 Å². The van der Waals surface area contributed by atoms with Crippen molar-refractivity contribution in [1.29, 1.82) is 0 Å². The van der Waals surface area contributed by atoms with E-state index in [4.69, 9.17) is 9.72 Å². The van der Waals surface area contributed by atoms with Crippen molar-refractivity contribution in [2.75, 3.05) is 13.7 Å². The average Bonchev–Trinajstić information content (AvgIpc) is 2.90. The second-order valence-electron chi connectivity index (χ2n) is 4.91. The van der Waals surface area contributed by atoms with Gasteiger partial charge in [0.05, 0.1) is 17.6 Å². The number of imidazole rings is 1. The van der Waals surface area contributed by atoms with E-state index in [0.717, 1.165) is 33.0 Å². The third-order valence-electron chi connectivity index (χ3n) is 3.45. The number of ether oxygens (including phenoxy) is 1. The van der Waals surface area contributed by atoms with Gasteiger partial charge in [0, 0.05) is 23.9 Å². The summed E-state index contributed by atoms with van der Waals surface area (Å²) < 4.78 is 8.61.